The number of hydrogen-bond acceptors (Lipinski definition) is 8. The number of nitrogens with one attached hydrogen (secondary N) is 1. The normalized spacial score (nSPS) is 14.4. The Morgan fingerprint density at radius 3 is 2.83 bits per heavy atom. The molecule has 0 spiro atoms. The van der Waals surface area contributed by atoms with E-state index in [9.17, 15) is 4.79 Å². The minimum absolute atomic E-state index is 0.103. The molecule has 0 saturated carbocycles. The fourth-order valence-corrected chi connectivity index (χ4v) is 5.25. The molecule has 11 nitrogen and oxygen atoms in total. The number of rotatable bonds is 5. The van der Waals surface area contributed by atoms with Crippen molar-refractivity contribution >= 4 is 22.9 Å². The predicted molar refractivity (Wildman–Crippen MR) is 149 cm³/mol. The van der Waals surface area contributed by atoms with Gasteiger partial charge in [0.2, 0.25) is 0 Å². The van der Waals surface area contributed by atoms with Crippen LogP contribution in [0.4, 0.5) is 5.82 Å². The number of nitrogens with two attached hydrogens (primary N) is 1. The summed E-state index contributed by atoms with van der Waals surface area (Å²) in [4.78, 5) is 35.2. The second kappa shape index (κ2) is 9.38. The third-order valence-electron chi connectivity index (χ3n) is 7.23. The number of anilines is 1. The Morgan fingerprint density at radius 2 is 2.00 bits per heavy atom. The molecule has 0 saturated heterocycles. The van der Waals surface area contributed by atoms with Crippen molar-refractivity contribution in [1.29, 1.82) is 0 Å². The molecule has 0 bridgehead atoms. The Hall–Kier alpha value is -5.45. The van der Waals surface area contributed by atoms with E-state index in [1.165, 1.54) is 6.33 Å². The van der Waals surface area contributed by atoms with Crippen LogP contribution >= 0.6 is 0 Å². The number of aryl methyl sites for hydroxylation is 2. The molecule has 3 N–H and O–H groups in total. The maximum atomic E-state index is 13.0. The standard InChI is InChI=1S/C29H24N10O/c1-17-22(15-31-16-33-17)29(40)36-23-8-5-18-14-19(6-7-20(18)23)39-27(21-4-2-11-32-26(21)30)35-24-9-10-25(37-28(24)39)38-13-3-12-34-38/h2-4,6-7,9-16,23H,5,8H2,1H3,(H2,30,32)(H,36,40)/t23-/m0/s1. The van der Waals surface area contributed by atoms with Gasteiger partial charge in [0.25, 0.3) is 5.91 Å². The summed E-state index contributed by atoms with van der Waals surface area (Å²) in [6.07, 6.45) is 9.84. The van der Waals surface area contributed by atoms with Crippen molar-refractivity contribution in [1.82, 2.24) is 44.6 Å². The van der Waals surface area contributed by atoms with Crippen molar-refractivity contribution < 1.29 is 4.79 Å². The zero-order chi connectivity index (χ0) is 27.2. The van der Waals surface area contributed by atoms with Crippen molar-refractivity contribution in [3.63, 3.8) is 0 Å². The summed E-state index contributed by atoms with van der Waals surface area (Å²) in [6.45, 7) is 1.80. The van der Waals surface area contributed by atoms with Gasteiger partial charge in [0.1, 0.15) is 17.7 Å². The highest BCUT2D eigenvalue weighted by molar-refractivity contribution is 5.95. The molecule has 1 amide bonds. The number of nitrogen functional groups attached to an aromatic ring is 1. The third-order valence-corrected chi connectivity index (χ3v) is 7.23. The number of benzene rings is 1. The van der Waals surface area contributed by atoms with Crippen molar-refractivity contribution in [2.45, 2.75) is 25.8 Å². The number of pyridine rings is 2. The van der Waals surface area contributed by atoms with Gasteiger partial charge in [-0.05, 0) is 73.4 Å². The first-order valence-corrected chi connectivity index (χ1v) is 12.9. The Morgan fingerprint density at radius 1 is 1.07 bits per heavy atom. The molecule has 1 aliphatic rings. The summed E-state index contributed by atoms with van der Waals surface area (Å²) in [5.74, 6) is 1.53. The quantitative estimate of drug-likeness (QED) is 0.344. The Balaban J connectivity index is 1.32. The average molecular weight is 529 g/mol. The summed E-state index contributed by atoms with van der Waals surface area (Å²) in [7, 11) is 0. The highest BCUT2D eigenvalue weighted by Crippen LogP contribution is 2.36. The second-order valence-corrected chi connectivity index (χ2v) is 9.64. The van der Waals surface area contributed by atoms with E-state index in [4.69, 9.17) is 15.7 Å². The number of imidazole rings is 1. The van der Waals surface area contributed by atoms with Crippen LogP contribution in [0.1, 0.15) is 39.6 Å². The first-order chi connectivity index (χ1) is 19.6. The van der Waals surface area contributed by atoms with Gasteiger partial charge in [0, 0.05) is 30.5 Å². The first kappa shape index (κ1) is 23.7. The Labute approximate surface area is 228 Å². The van der Waals surface area contributed by atoms with Crippen LogP contribution in [0, 0.1) is 6.92 Å². The highest BCUT2D eigenvalue weighted by Gasteiger charge is 2.27. The van der Waals surface area contributed by atoms with E-state index in [0.717, 1.165) is 35.2 Å². The lowest BCUT2D eigenvalue weighted by Gasteiger charge is -2.16. The van der Waals surface area contributed by atoms with Gasteiger partial charge in [-0.25, -0.2) is 29.6 Å². The van der Waals surface area contributed by atoms with E-state index in [-0.39, 0.29) is 11.9 Å². The summed E-state index contributed by atoms with van der Waals surface area (Å²) in [5, 5.41) is 7.49. The van der Waals surface area contributed by atoms with E-state index in [1.54, 1.807) is 30.2 Å². The highest BCUT2D eigenvalue weighted by atomic mass is 16.1. The number of fused-ring (bicyclic) bond motifs is 2. The van der Waals surface area contributed by atoms with Crippen LogP contribution in [0.2, 0.25) is 0 Å². The van der Waals surface area contributed by atoms with Crippen molar-refractivity contribution in [3.8, 4) is 22.9 Å². The first-order valence-electron chi connectivity index (χ1n) is 12.9. The minimum atomic E-state index is -0.176. The van der Waals surface area contributed by atoms with E-state index >= 15 is 0 Å². The molecule has 40 heavy (non-hydrogen) atoms. The minimum Gasteiger partial charge on any atom is -0.383 e. The Kier molecular flexibility index (Phi) is 5.55. The van der Waals surface area contributed by atoms with Crippen LogP contribution in [0.5, 0.6) is 0 Å². The number of carbonyl (C=O) groups is 1. The molecule has 0 fully saturated rings. The lowest BCUT2D eigenvalue weighted by atomic mass is 10.1. The largest absolute Gasteiger partial charge is 0.383 e. The van der Waals surface area contributed by atoms with Gasteiger partial charge < -0.3 is 11.1 Å². The van der Waals surface area contributed by atoms with E-state index in [1.807, 2.05) is 47.2 Å². The molecule has 5 aromatic heterocycles. The second-order valence-electron chi connectivity index (χ2n) is 9.64. The van der Waals surface area contributed by atoms with Crippen molar-refractivity contribution in [2.75, 3.05) is 5.73 Å². The topological polar surface area (TPSA) is 142 Å². The fraction of sp³-hybridized carbons (Fsp3) is 0.138. The van der Waals surface area contributed by atoms with Crippen LogP contribution in [0.25, 0.3) is 34.1 Å². The summed E-state index contributed by atoms with van der Waals surface area (Å²) in [6, 6.07) is 15.5. The fourth-order valence-electron chi connectivity index (χ4n) is 5.25. The average Bonchev–Trinajstić information content (AvgIpc) is 3.72. The van der Waals surface area contributed by atoms with Crippen molar-refractivity contribution in [2.24, 2.45) is 0 Å². The zero-order valence-electron chi connectivity index (χ0n) is 21.6. The van der Waals surface area contributed by atoms with E-state index < -0.39 is 0 Å². The van der Waals surface area contributed by atoms with Gasteiger partial charge in [0.05, 0.1) is 22.9 Å². The van der Waals surface area contributed by atoms with Gasteiger partial charge in [0.15, 0.2) is 17.3 Å². The van der Waals surface area contributed by atoms with E-state index in [2.05, 4.69) is 37.5 Å². The number of nitrogens with zero attached hydrogens (tertiary/aromatic N) is 8. The predicted octanol–water partition coefficient (Wildman–Crippen LogP) is 3.77. The number of aromatic nitrogens is 8. The number of amides is 1. The summed E-state index contributed by atoms with van der Waals surface area (Å²) in [5.41, 5.74) is 12.7. The molecule has 0 unspecified atom stereocenters. The molecule has 1 atom stereocenters. The van der Waals surface area contributed by atoms with Gasteiger partial charge in [-0.1, -0.05) is 6.07 Å². The SMILES string of the molecule is Cc1ncncc1C(=O)N[C@H]1CCc2cc(-n3c(-c4cccnc4N)nc4ccc(-n5cccn5)nc43)ccc21. The monoisotopic (exact) mass is 528 g/mol. The summed E-state index contributed by atoms with van der Waals surface area (Å²) < 4.78 is 3.72. The van der Waals surface area contributed by atoms with Gasteiger partial charge in [-0.15, -0.1) is 0 Å². The molecule has 5 heterocycles. The number of hydrogen-bond donors (Lipinski definition) is 2. The van der Waals surface area contributed by atoms with Crippen LogP contribution in [0.3, 0.4) is 0 Å². The molecular formula is C29H24N10O. The maximum Gasteiger partial charge on any atom is 0.255 e. The summed E-state index contributed by atoms with van der Waals surface area (Å²) >= 11 is 0. The molecule has 1 aliphatic carbocycles. The lowest BCUT2D eigenvalue weighted by Crippen LogP contribution is -2.28. The molecular weight excluding hydrogens is 504 g/mol. The Bertz CT molecular complexity index is 1890. The molecule has 0 radical (unpaired) electrons. The third kappa shape index (κ3) is 3.95. The maximum absolute atomic E-state index is 13.0. The van der Waals surface area contributed by atoms with Gasteiger partial charge in [-0.2, -0.15) is 5.10 Å². The van der Waals surface area contributed by atoms with Crippen LogP contribution in [-0.2, 0) is 6.42 Å². The zero-order valence-corrected chi connectivity index (χ0v) is 21.6. The van der Waals surface area contributed by atoms with E-state index in [0.29, 0.717) is 39.9 Å². The smallest absolute Gasteiger partial charge is 0.255 e. The molecule has 0 aliphatic heterocycles. The molecule has 7 rings (SSSR count). The van der Waals surface area contributed by atoms with Crippen LogP contribution in [-0.4, -0.2) is 45.2 Å². The molecule has 11 heteroatoms. The molecule has 6 aromatic rings. The van der Waals surface area contributed by atoms with Gasteiger partial charge in [-0.3, -0.25) is 9.36 Å². The lowest BCUT2D eigenvalue weighted by molar-refractivity contribution is 0.0935. The molecule has 196 valence electrons. The van der Waals surface area contributed by atoms with Gasteiger partial charge >= 0.3 is 0 Å². The van der Waals surface area contributed by atoms with Crippen LogP contribution < -0.4 is 11.1 Å². The number of carbonyl (C=O) groups excluding carboxylic acids is 1. The van der Waals surface area contributed by atoms with Crippen molar-refractivity contribution in [3.05, 3.63) is 102 Å². The van der Waals surface area contributed by atoms with Crippen LogP contribution in [0.15, 0.2) is 79.6 Å². The molecule has 1 aromatic carbocycles.